The fourth-order valence-corrected chi connectivity index (χ4v) is 3.00. The Bertz CT molecular complexity index is 1050. The van der Waals surface area contributed by atoms with Gasteiger partial charge < -0.3 is 0 Å². The maximum atomic E-state index is 13.1. The summed E-state index contributed by atoms with van der Waals surface area (Å²) in [5.41, 5.74) is 4.18. The second-order valence-electron chi connectivity index (χ2n) is 5.46. The number of para-hydroxylation sites is 2. The van der Waals surface area contributed by atoms with Crippen LogP contribution in [0, 0.1) is 0 Å². The Balaban J connectivity index is 2.08. The van der Waals surface area contributed by atoms with Crippen LogP contribution >= 0.6 is 0 Å². The molecule has 0 aliphatic carbocycles. The van der Waals surface area contributed by atoms with Gasteiger partial charge in [0.25, 0.3) is 5.56 Å². The summed E-state index contributed by atoms with van der Waals surface area (Å²) >= 11 is 0. The number of aryl methyl sites for hydroxylation is 1. The van der Waals surface area contributed by atoms with Crippen molar-refractivity contribution in [3.8, 4) is 0 Å². The lowest BCUT2D eigenvalue weighted by molar-refractivity contribution is 0.769. The van der Waals surface area contributed by atoms with Crippen LogP contribution in [0.3, 0.4) is 0 Å². The number of benzene rings is 1. The zero-order valence-corrected chi connectivity index (χ0v) is 12.8. The maximum absolute atomic E-state index is 13.1. The van der Waals surface area contributed by atoms with Gasteiger partial charge in [-0.15, -0.1) is 0 Å². The topological polar surface area (TPSA) is 52.2 Å². The molecule has 4 rings (SSSR count). The monoisotopic (exact) mass is 304 g/mol. The number of rotatable bonds is 3. The SMILES string of the molecule is CCc1ncn2c1c(=O)n(Cc1ccccn1)c1ccccc12. The molecule has 114 valence electrons. The van der Waals surface area contributed by atoms with Gasteiger partial charge in [-0.05, 0) is 30.7 Å². The van der Waals surface area contributed by atoms with E-state index in [0.717, 1.165) is 28.8 Å². The van der Waals surface area contributed by atoms with E-state index in [2.05, 4.69) is 9.97 Å². The Morgan fingerprint density at radius 3 is 2.52 bits per heavy atom. The second-order valence-corrected chi connectivity index (χ2v) is 5.46. The summed E-state index contributed by atoms with van der Waals surface area (Å²) < 4.78 is 3.68. The summed E-state index contributed by atoms with van der Waals surface area (Å²) in [5, 5.41) is 0. The van der Waals surface area contributed by atoms with E-state index in [1.165, 1.54) is 0 Å². The quantitative estimate of drug-likeness (QED) is 0.585. The maximum Gasteiger partial charge on any atom is 0.277 e. The molecule has 23 heavy (non-hydrogen) atoms. The Labute approximate surface area is 132 Å². The van der Waals surface area contributed by atoms with Crippen molar-refractivity contribution in [2.45, 2.75) is 19.9 Å². The molecule has 0 spiro atoms. The van der Waals surface area contributed by atoms with Gasteiger partial charge in [-0.2, -0.15) is 0 Å². The molecular weight excluding hydrogens is 288 g/mol. The van der Waals surface area contributed by atoms with E-state index >= 15 is 0 Å². The molecule has 0 unspecified atom stereocenters. The minimum atomic E-state index is -0.0243. The molecule has 0 aliphatic heterocycles. The molecule has 0 atom stereocenters. The van der Waals surface area contributed by atoms with Gasteiger partial charge in [0.2, 0.25) is 0 Å². The molecule has 0 bridgehead atoms. The third kappa shape index (κ3) is 2.12. The van der Waals surface area contributed by atoms with Crippen LogP contribution in [0.1, 0.15) is 18.3 Å². The Kier molecular flexibility index (Phi) is 3.19. The highest BCUT2D eigenvalue weighted by molar-refractivity contribution is 5.79. The lowest BCUT2D eigenvalue weighted by Gasteiger charge is -2.12. The van der Waals surface area contributed by atoms with Crippen LogP contribution in [0.2, 0.25) is 0 Å². The number of nitrogens with zero attached hydrogens (tertiary/aromatic N) is 4. The fourth-order valence-electron chi connectivity index (χ4n) is 3.00. The van der Waals surface area contributed by atoms with E-state index < -0.39 is 0 Å². The zero-order valence-electron chi connectivity index (χ0n) is 12.8. The van der Waals surface area contributed by atoms with Crippen LogP contribution < -0.4 is 5.56 Å². The minimum Gasteiger partial charge on any atom is -0.299 e. The first kappa shape index (κ1) is 13.7. The highest BCUT2D eigenvalue weighted by atomic mass is 16.1. The van der Waals surface area contributed by atoms with Gasteiger partial charge >= 0.3 is 0 Å². The molecule has 0 saturated heterocycles. The molecule has 4 aromatic rings. The lowest BCUT2D eigenvalue weighted by Crippen LogP contribution is -2.24. The highest BCUT2D eigenvalue weighted by Gasteiger charge is 2.14. The van der Waals surface area contributed by atoms with Crippen molar-refractivity contribution in [2.24, 2.45) is 0 Å². The van der Waals surface area contributed by atoms with Gasteiger partial charge in [-0.25, -0.2) is 4.98 Å². The van der Waals surface area contributed by atoms with Crippen molar-refractivity contribution < 1.29 is 0 Å². The molecular formula is C18H16N4O. The van der Waals surface area contributed by atoms with Gasteiger partial charge in [0.15, 0.2) is 0 Å². The van der Waals surface area contributed by atoms with Crippen molar-refractivity contribution in [1.29, 1.82) is 0 Å². The van der Waals surface area contributed by atoms with Crippen molar-refractivity contribution in [1.82, 2.24) is 18.9 Å². The van der Waals surface area contributed by atoms with Gasteiger partial charge in [0.05, 0.1) is 29.0 Å². The molecule has 5 nitrogen and oxygen atoms in total. The largest absolute Gasteiger partial charge is 0.299 e. The van der Waals surface area contributed by atoms with Crippen LogP contribution in [0.5, 0.6) is 0 Å². The van der Waals surface area contributed by atoms with Crippen LogP contribution in [-0.2, 0) is 13.0 Å². The van der Waals surface area contributed by atoms with E-state index in [4.69, 9.17) is 0 Å². The number of imidazole rings is 1. The van der Waals surface area contributed by atoms with Crippen LogP contribution in [0.4, 0.5) is 0 Å². The first-order valence-electron chi connectivity index (χ1n) is 7.67. The number of fused-ring (bicyclic) bond motifs is 3. The smallest absolute Gasteiger partial charge is 0.277 e. The Morgan fingerprint density at radius 2 is 1.78 bits per heavy atom. The third-order valence-corrected chi connectivity index (χ3v) is 4.10. The number of hydrogen-bond acceptors (Lipinski definition) is 3. The molecule has 3 aromatic heterocycles. The molecule has 1 aromatic carbocycles. The van der Waals surface area contributed by atoms with Crippen LogP contribution in [-0.4, -0.2) is 18.9 Å². The van der Waals surface area contributed by atoms with Crippen LogP contribution in [0.15, 0.2) is 59.8 Å². The van der Waals surface area contributed by atoms with Crippen molar-refractivity contribution in [3.63, 3.8) is 0 Å². The normalized spacial score (nSPS) is 11.3. The molecule has 0 saturated carbocycles. The molecule has 0 amide bonds. The fraction of sp³-hybridized carbons (Fsp3) is 0.167. The molecule has 3 heterocycles. The van der Waals surface area contributed by atoms with Crippen molar-refractivity contribution >= 4 is 16.6 Å². The van der Waals surface area contributed by atoms with Gasteiger partial charge in [-0.3, -0.25) is 18.7 Å². The zero-order chi connectivity index (χ0) is 15.8. The summed E-state index contributed by atoms with van der Waals surface area (Å²) in [6, 6.07) is 13.6. The van der Waals surface area contributed by atoms with Gasteiger partial charge in [0, 0.05) is 6.20 Å². The van der Waals surface area contributed by atoms with Gasteiger partial charge in [-0.1, -0.05) is 25.1 Å². The second kappa shape index (κ2) is 5.35. The van der Waals surface area contributed by atoms with Gasteiger partial charge in [0.1, 0.15) is 11.8 Å². The predicted molar refractivity (Wildman–Crippen MR) is 89.7 cm³/mol. The van der Waals surface area contributed by atoms with E-state index in [0.29, 0.717) is 12.1 Å². The third-order valence-electron chi connectivity index (χ3n) is 4.10. The Hall–Kier alpha value is -2.95. The highest BCUT2D eigenvalue weighted by Crippen LogP contribution is 2.17. The molecule has 0 aliphatic rings. The van der Waals surface area contributed by atoms with Crippen molar-refractivity contribution in [3.05, 3.63) is 76.7 Å². The molecule has 0 fully saturated rings. The van der Waals surface area contributed by atoms with E-state index in [-0.39, 0.29) is 5.56 Å². The summed E-state index contributed by atoms with van der Waals surface area (Å²) in [5.74, 6) is 0. The molecule has 0 radical (unpaired) electrons. The summed E-state index contributed by atoms with van der Waals surface area (Å²) in [6.45, 7) is 2.46. The van der Waals surface area contributed by atoms with Crippen LogP contribution in [0.25, 0.3) is 16.6 Å². The lowest BCUT2D eigenvalue weighted by atomic mass is 10.2. The predicted octanol–water partition coefficient (Wildman–Crippen LogP) is 2.65. The number of pyridine rings is 1. The first-order chi connectivity index (χ1) is 11.3. The van der Waals surface area contributed by atoms with E-state index in [9.17, 15) is 4.79 Å². The minimum absolute atomic E-state index is 0.0243. The standard InChI is InChI=1S/C18H16N4O/c1-2-14-17-18(23)21(11-13-7-5-6-10-19-13)15-8-3-4-9-16(15)22(17)12-20-14/h3-10,12H,2,11H2,1H3. The summed E-state index contributed by atoms with van der Waals surface area (Å²) in [7, 11) is 0. The van der Waals surface area contributed by atoms with Crippen molar-refractivity contribution in [2.75, 3.05) is 0 Å². The molecule has 0 N–H and O–H groups in total. The Morgan fingerprint density at radius 1 is 1.00 bits per heavy atom. The van der Waals surface area contributed by atoms with E-state index in [1.807, 2.05) is 53.8 Å². The number of aromatic nitrogens is 4. The number of hydrogen-bond donors (Lipinski definition) is 0. The summed E-state index contributed by atoms with van der Waals surface area (Å²) in [6.07, 6.45) is 4.22. The average molecular weight is 304 g/mol. The average Bonchev–Trinajstić information content (AvgIpc) is 3.04. The molecule has 5 heteroatoms. The first-order valence-corrected chi connectivity index (χ1v) is 7.67. The van der Waals surface area contributed by atoms with E-state index in [1.54, 1.807) is 17.1 Å². The summed E-state index contributed by atoms with van der Waals surface area (Å²) in [4.78, 5) is 21.8.